The molecule has 7 heteroatoms. The van der Waals surface area contributed by atoms with Gasteiger partial charge < -0.3 is 14.1 Å². The summed E-state index contributed by atoms with van der Waals surface area (Å²) in [6.07, 6.45) is 1.74. The molecule has 4 rings (SSSR count). The van der Waals surface area contributed by atoms with Gasteiger partial charge in [-0.05, 0) is 30.7 Å². The van der Waals surface area contributed by atoms with Crippen LogP contribution in [0.4, 0.5) is 5.82 Å². The predicted octanol–water partition coefficient (Wildman–Crippen LogP) is 3.08. The Balaban J connectivity index is 1.91. The highest BCUT2D eigenvalue weighted by atomic mass is 35.5. The summed E-state index contributed by atoms with van der Waals surface area (Å²) < 4.78 is 11.5. The summed E-state index contributed by atoms with van der Waals surface area (Å²) in [5.74, 6) is 1.42. The van der Waals surface area contributed by atoms with Crippen molar-refractivity contribution in [3.05, 3.63) is 35.2 Å². The molecule has 4 heterocycles. The Morgan fingerprint density at radius 3 is 2.74 bits per heavy atom. The van der Waals surface area contributed by atoms with Gasteiger partial charge in [0.25, 0.3) is 0 Å². The lowest BCUT2D eigenvalue weighted by Crippen LogP contribution is -2.36. The molecule has 0 aromatic carbocycles. The van der Waals surface area contributed by atoms with E-state index < -0.39 is 0 Å². The number of furan rings is 1. The lowest BCUT2D eigenvalue weighted by atomic mass is 10.2. The van der Waals surface area contributed by atoms with Crippen LogP contribution in [0.5, 0.6) is 0 Å². The summed E-state index contributed by atoms with van der Waals surface area (Å²) in [5, 5.41) is 0.218. The Bertz CT molecular complexity index is 844. The molecule has 1 aliphatic rings. The maximum atomic E-state index is 6.13. The first kappa shape index (κ1) is 14.4. The van der Waals surface area contributed by atoms with E-state index >= 15 is 0 Å². The third-order valence-electron chi connectivity index (χ3n) is 3.93. The Kier molecular flexibility index (Phi) is 3.63. The van der Waals surface area contributed by atoms with Crippen LogP contribution in [-0.4, -0.2) is 41.3 Å². The van der Waals surface area contributed by atoms with Crippen LogP contribution in [0, 0.1) is 6.92 Å². The third-order valence-corrected chi connectivity index (χ3v) is 4.10. The maximum Gasteiger partial charge on any atom is 0.225 e. The Hall–Kier alpha value is -2.18. The zero-order valence-corrected chi connectivity index (χ0v) is 13.4. The molecule has 0 amide bonds. The van der Waals surface area contributed by atoms with Crippen LogP contribution in [-0.2, 0) is 4.74 Å². The molecule has 0 N–H and O–H groups in total. The highest BCUT2D eigenvalue weighted by Crippen LogP contribution is 2.36. The van der Waals surface area contributed by atoms with Crippen LogP contribution in [0.25, 0.3) is 22.6 Å². The van der Waals surface area contributed by atoms with Gasteiger partial charge in [0, 0.05) is 24.8 Å². The zero-order valence-electron chi connectivity index (χ0n) is 12.6. The van der Waals surface area contributed by atoms with Gasteiger partial charge in [-0.25, -0.2) is 4.98 Å². The SMILES string of the molecule is Cc1c(-c2ccccn2)oc2c(N3CCOCC3)nc(Cl)nc12. The molecule has 0 radical (unpaired) electrons. The van der Waals surface area contributed by atoms with E-state index in [1.807, 2.05) is 25.1 Å². The van der Waals surface area contributed by atoms with Gasteiger partial charge in [0.1, 0.15) is 11.2 Å². The number of anilines is 1. The van der Waals surface area contributed by atoms with E-state index in [4.69, 9.17) is 20.8 Å². The highest BCUT2D eigenvalue weighted by Gasteiger charge is 2.23. The first-order valence-corrected chi connectivity index (χ1v) is 7.82. The molecular formula is C16H15ClN4O2. The Labute approximate surface area is 138 Å². The minimum absolute atomic E-state index is 0.218. The van der Waals surface area contributed by atoms with E-state index in [2.05, 4.69) is 19.9 Å². The van der Waals surface area contributed by atoms with Gasteiger partial charge in [0.05, 0.1) is 13.2 Å². The first-order valence-electron chi connectivity index (χ1n) is 7.45. The van der Waals surface area contributed by atoms with Crippen LogP contribution in [0.2, 0.25) is 5.28 Å². The molecule has 0 saturated carbocycles. The molecule has 1 saturated heterocycles. The van der Waals surface area contributed by atoms with Crippen LogP contribution in [0.3, 0.4) is 0 Å². The van der Waals surface area contributed by atoms with Gasteiger partial charge in [0.15, 0.2) is 17.2 Å². The molecule has 0 unspecified atom stereocenters. The van der Waals surface area contributed by atoms with Crippen LogP contribution < -0.4 is 4.90 Å². The van der Waals surface area contributed by atoms with Gasteiger partial charge in [-0.15, -0.1) is 0 Å². The van der Waals surface area contributed by atoms with Crippen molar-refractivity contribution < 1.29 is 9.15 Å². The van der Waals surface area contributed by atoms with Gasteiger partial charge >= 0.3 is 0 Å². The Morgan fingerprint density at radius 2 is 2.00 bits per heavy atom. The number of aryl methyl sites for hydroxylation is 1. The van der Waals surface area contributed by atoms with Gasteiger partial charge in [-0.2, -0.15) is 4.98 Å². The average Bonchev–Trinajstić information content (AvgIpc) is 2.93. The molecule has 0 aliphatic carbocycles. The molecule has 0 spiro atoms. The molecule has 1 aliphatic heterocycles. The largest absolute Gasteiger partial charge is 0.449 e. The maximum absolute atomic E-state index is 6.13. The monoisotopic (exact) mass is 330 g/mol. The summed E-state index contributed by atoms with van der Waals surface area (Å²) >= 11 is 6.13. The molecule has 3 aromatic rings. The van der Waals surface area contributed by atoms with E-state index in [1.165, 1.54) is 0 Å². The van der Waals surface area contributed by atoms with E-state index in [0.29, 0.717) is 30.4 Å². The minimum Gasteiger partial charge on any atom is -0.449 e. The summed E-state index contributed by atoms with van der Waals surface area (Å²) in [6.45, 7) is 4.79. The van der Waals surface area contributed by atoms with Crippen LogP contribution in [0.1, 0.15) is 5.56 Å². The molecule has 23 heavy (non-hydrogen) atoms. The Morgan fingerprint density at radius 1 is 1.17 bits per heavy atom. The molecule has 118 valence electrons. The van der Waals surface area contributed by atoms with Crippen molar-refractivity contribution in [3.8, 4) is 11.5 Å². The first-order chi connectivity index (χ1) is 11.2. The van der Waals surface area contributed by atoms with Crippen molar-refractivity contribution in [1.82, 2.24) is 15.0 Å². The number of pyridine rings is 1. The molecule has 1 fully saturated rings. The number of hydrogen-bond donors (Lipinski definition) is 0. The molecule has 0 bridgehead atoms. The molecule has 0 atom stereocenters. The predicted molar refractivity (Wildman–Crippen MR) is 87.8 cm³/mol. The lowest BCUT2D eigenvalue weighted by Gasteiger charge is -2.27. The normalized spacial score (nSPS) is 15.3. The molecule has 6 nitrogen and oxygen atoms in total. The summed E-state index contributed by atoms with van der Waals surface area (Å²) in [4.78, 5) is 15.2. The fourth-order valence-electron chi connectivity index (χ4n) is 2.78. The third kappa shape index (κ3) is 2.54. The highest BCUT2D eigenvalue weighted by molar-refractivity contribution is 6.28. The van der Waals surface area contributed by atoms with Crippen LogP contribution >= 0.6 is 11.6 Å². The number of rotatable bonds is 2. The zero-order chi connectivity index (χ0) is 15.8. The van der Waals surface area contributed by atoms with Crippen molar-refractivity contribution in [2.24, 2.45) is 0 Å². The van der Waals surface area contributed by atoms with E-state index in [9.17, 15) is 0 Å². The number of aromatic nitrogens is 3. The topological polar surface area (TPSA) is 64.3 Å². The van der Waals surface area contributed by atoms with E-state index in [0.717, 1.165) is 29.9 Å². The summed E-state index contributed by atoms with van der Waals surface area (Å²) in [6, 6.07) is 5.71. The van der Waals surface area contributed by atoms with Gasteiger partial charge in [-0.3, -0.25) is 4.98 Å². The number of morpholine rings is 1. The number of hydrogen-bond acceptors (Lipinski definition) is 6. The molecule has 3 aromatic heterocycles. The van der Waals surface area contributed by atoms with E-state index in [-0.39, 0.29) is 5.28 Å². The minimum atomic E-state index is 0.218. The second-order valence-electron chi connectivity index (χ2n) is 5.36. The van der Waals surface area contributed by atoms with Crippen molar-refractivity contribution in [2.45, 2.75) is 6.92 Å². The lowest BCUT2D eigenvalue weighted by molar-refractivity contribution is 0.122. The van der Waals surface area contributed by atoms with Gasteiger partial charge in [-0.1, -0.05) is 6.07 Å². The quantitative estimate of drug-likeness (QED) is 0.673. The smallest absolute Gasteiger partial charge is 0.225 e. The van der Waals surface area contributed by atoms with Crippen molar-refractivity contribution >= 4 is 28.5 Å². The van der Waals surface area contributed by atoms with Gasteiger partial charge in [0.2, 0.25) is 5.28 Å². The second-order valence-corrected chi connectivity index (χ2v) is 5.70. The summed E-state index contributed by atoms with van der Waals surface area (Å²) in [5.41, 5.74) is 3.06. The number of fused-ring (bicyclic) bond motifs is 1. The van der Waals surface area contributed by atoms with Crippen molar-refractivity contribution in [2.75, 3.05) is 31.2 Å². The average molecular weight is 331 g/mol. The number of ether oxygens (including phenoxy) is 1. The van der Waals surface area contributed by atoms with Crippen molar-refractivity contribution in [3.63, 3.8) is 0 Å². The second kappa shape index (κ2) is 5.79. The number of halogens is 1. The fourth-order valence-corrected chi connectivity index (χ4v) is 2.94. The number of nitrogens with zero attached hydrogens (tertiary/aromatic N) is 4. The van der Waals surface area contributed by atoms with Crippen molar-refractivity contribution in [1.29, 1.82) is 0 Å². The molecular weight excluding hydrogens is 316 g/mol. The van der Waals surface area contributed by atoms with Crippen LogP contribution in [0.15, 0.2) is 28.8 Å². The fraction of sp³-hybridized carbons (Fsp3) is 0.312. The van der Waals surface area contributed by atoms with E-state index in [1.54, 1.807) is 6.20 Å². The standard InChI is InChI=1S/C16H15ClN4O2/c1-10-12-14(23-13(10)11-4-2-3-5-18-11)15(20-16(17)19-12)21-6-8-22-9-7-21/h2-5H,6-9H2,1H3. The summed E-state index contributed by atoms with van der Waals surface area (Å²) in [7, 11) is 0.